The van der Waals surface area contributed by atoms with Crippen LogP contribution in [0.25, 0.3) is 0 Å². The van der Waals surface area contributed by atoms with E-state index in [0.717, 1.165) is 19.5 Å². The first-order valence-electron chi connectivity index (χ1n) is 7.01. The summed E-state index contributed by atoms with van der Waals surface area (Å²) in [5, 5.41) is 8.21. The number of nitrogens with zero attached hydrogens (tertiary/aromatic N) is 3. The molecule has 1 atom stereocenters. The highest BCUT2D eigenvalue weighted by atomic mass is 15.3. The number of aromatic nitrogens is 2. The summed E-state index contributed by atoms with van der Waals surface area (Å²) in [4.78, 5) is 2.54. The van der Waals surface area contributed by atoms with Crippen molar-refractivity contribution in [2.75, 3.05) is 18.0 Å². The number of rotatable bonds is 3. The molecule has 0 aromatic carbocycles. The lowest BCUT2D eigenvalue weighted by Gasteiger charge is -2.45. The van der Waals surface area contributed by atoms with Gasteiger partial charge in [0.2, 0.25) is 0 Å². The zero-order chi connectivity index (χ0) is 13.3. The van der Waals surface area contributed by atoms with E-state index in [1.54, 1.807) is 0 Å². The van der Waals surface area contributed by atoms with E-state index in [1.165, 1.54) is 17.8 Å². The predicted octanol–water partition coefficient (Wildman–Crippen LogP) is 1.95. The quantitative estimate of drug-likeness (QED) is 0.890. The molecule has 0 spiro atoms. The zero-order valence-electron chi connectivity index (χ0n) is 12.3. The van der Waals surface area contributed by atoms with Crippen LogP contribution < -0.4 is 10.2 Å². The Bertz CT molecular complexity index is 408. The molecule has 1 unspecified atom stereocenters. The molecule has 1 fully saturated rings. The molecule has 1 saturated heterocycles. The van der Waals surface area contributed by atoms with Crippen LogP contribution in [0.2, 0.25) is 0 Å². The lowest BCUT2D eigenvalue weighted by Crippen LogP contribution is -2.61. The van der Waals surface area contributed by atoms with Crippen LogP contribution in [0, 0.1) is 0 Å². The van der Waals surface area contributed by atoms with Crippen LogP contribution in [0.4, 0.5) is 5.69 Å². The first-order valence-corrected chi connectivity index (χ1v) is 7.01. The predicted molar refractivity (Wildman–Crippen MR) is 76.1 cm³/mol. The molecule has 0 bridgehead atoms. The Labute approximate surface area is 110 Å². The maximum atomic E-state index is 4.58. The maximum Gasteiger partial charge on any atom is 0.0855 e. The Morgan fingerprint density at radius 1 is 1.44 bits per heavy atom. The smallest absolute Gasteiger partial charge is 0.0855 e. The molecular formula is C14H26N4. The first-order chi connectivity index (χ1) is 8.46. The molecule has 18 heavy (non-hydrogen) atoms. The second kappa shape index (κ2) is 4.92. The van der Waals surface area contributed by atoms with Crippen LogP contribution in [0.5, 0.6) is 0 Å². The Balaban J connectivity index is 2.32. The number of anilines is 1. The first kappa shape index (κ1) is 13.4. The molecule has 4 heteroatoms. The third kappa shape index (κ3) is 2.53. The van der Waals surface area contributed by atoms with Crippen LogP contribution in [-0.2, 0) is 13.5 Å². The number of aryl methyl sites for hydroxylation is 2. The average molecular weight is 250 g/mol. The van der Waals surface area contributed by atoms with E-state index >= 15 is 0 Å². The molecule has 0 amide bonds. The van der Waals surface area contributed by atoms with Gasteiger partial charge in [-0.3, -0.25) is 4.68 Å². The van der Waals surface area contributed by atoms with Gasteiger partial charge in [-0.15, -0.1) is 0 Å². The summed E-state index contributed by atoms with van der Waals surface area (Å²) in [6.45, 7) is 11.1. The Morgan fingerprint density at radius 3 is 2.78 bits per heavy atom. The van der Waals surface area contributed by atoms with Gasteiger partial charge in [0.15, 0.2) is 0 Å². The summed E-state index contributed by atoms with van der Waals surface area (Å²) in [6, 6.07) is 0.576. The van der Waals surface area contributed by atoms with Crippen molar-refractivity contribution < 1.29 is 0 Å². The monoisotopic (exact) mass is 250 g/mol. The van der Waals surface area contributed by atoms with Crippen LogP contribution in [0.15, 0.2) is 6.20 Å². The van der Waals surface area contributed by atoms with Crippen molar-refractivity contribution >= 4 is 5.69 Å². The van der Waals surface area contributed by atoms with Crippen LogP contribution in [0.1, 0.15) is 39.8 Å². The number of hydrogen-bond acceptors (Lipinski definition) is 3. The Kier molecular flexibility index (Phi) is 3.66. The molecule has 1 aliphatic heterocycles. The second-order valence-corrected chi connectivity index (χ2v) is 5.94. The summed E-state index contributed by atoms with van der Waals surface area (Å²) < 4.78 is 1.94. The van der Waals surface area contributed by atoms with Crippen LogP contribution in [-0.4, -0.2) is 34.5 Å². The molecule has 0 saturated carbocycles. The summed E-state index contributed by atoms with van der Waals surface area (Å²) >= 11 is 0. The molecule has 1 aromatic rings. The van der Waals surface area contributed by atoms with Crippen molar-refractivity contribution in [2.24, 2.45) is 7.05 Å². The van der Waals surface area contributed by atoms with Gasteiger partial charge in [0, 0.05) is 37.9 Å². The molecule has 0 aliphatic carbocycles. The van der Waals surface area contributed by atoms with Crippen molar-refractivity contribution in [3.8, 4) is 0 Å². The minimum absolute atomic E-state index is 0.173. The third-order valence-corrected chi connectivity index (χ3v) is 3.82. The van der Waals surface area contributed by atoms with Gasteiger partial charge in [0.25, 0.3) is 0 Å². The minimum Gasteiger partial charge on any atom is -0.363 e. The Hall–Kier alpha value is -1.03. The molecule has 1 aromatic heterocycles. The largest absolute Gasteiger partial charge is 0.363 e. The number of piperazine rings is 1. The van der Waals surface area contributed by atoms with Crippen LogP contribution in [0.3, 0.4) is 0 Å². The lowest BCUT2D eigenvalue weighted by atomic mass is 9.97. The molecule has 0 radical (unpaired) electrons. The van der Waals surface area contributed by atoms with Crippen molar-refractivity contribution in [1.29, 1.82) is 0 Å². The fourth-order valence-electron chi connectivity index (χ4n) is 2.78. The van der Waals surface area contributed by atoms with E-state index in [-0.39, 0.29) is 5.54 Å². The van der Waals surface area contributed by atoms with E-state index in [9.17, 15) is 0 Å². The van der Waals surface area contributed by atoms with Gasteiger partial charge in [-0.25, -0.2) is 0 Å². The van der Waals surface area contributed by atoms with Crippen molar-refractivity contribution in [1.82, 2.24) is 15.1 Å². The van der Waals surface area contributed by atoms with Gasteiger partial charge in [0.1, 0.15) is 0 Å². The summed E-state index contributed by atoms with van der Waals surface area (Å²) in [7, 11) is 2.01. The molecule has 4 nitrogen and oxygen atoms in total. The highest BCUT2D eigenvalue weighted by Crippen LogP contribution is 2.27. The van der Waals surface area contributed by atoms with E-state index in [4.69, 9.17) is 0 Å². The molecule has 2 rings (SSSR count). The highest BCUT2D eigenvalue weighted by molar-refractivity contribution is 5.51. The minimum atomic E-state index is 0.173. The summed E-state index contributed by atoms with van der Waals surface area (Å²) in [6.07, 6.45) is 4.33. The SMILES string of the molecule is CCc1nn(C)cc1N1CC(C)(C)NCC1CC. The molecule has 2 heterocycles. The molecule has 1 N–H and O–H groups in total. The average Bonchev–Trinajstić information content (AvgIpc) is 2.69. The molecule has 1 aliphatic rings. The topological polar surface area (TPSA) is 33.1 Å². The Morgan fingerprint density at radius 2 is 2.17 bits per heavy atom. The van der Waals surface area contributed by atoms with E-state index in [0.29, 0.717) is 6.04 Å². The van der Waals surface area contributed by atoms with Crippen molar-refractivity contribution in [2.45, 2.75) is 52.1 Å². The fraction of sp³-hybridized carbons (Fsp3) is 0.786. The zero-order valence-corrected chi connectivity index (χ0v) is 12.3. The van der Waals surface area contributed by atoms with E-state index in [2.05, 4.69) is 49.2 Å². The standard InChI is InChI=1S/C14H26N4/c1-6-11-8-15-14(3,4)10-18(11)13-9-17(5)16-12(13)7-2/h9,11,15H,6-8,10H2,1-5H3. The summed E-state index contributed by atoms with van der Waals surface area (Å²) in [5.41, 5.74) is 2.71. The van der Waals surface area contributed by atoms with Gasteiger partial charge in [-0.2, -0.15) is 5.10 Å². The van der Waals surface area contributed by atoms with Gasteiger partial charge >= 0.3 is 0 Å². The highest BCUT2D eigenvalue weighted by Gasteiger charge is 2.33. The summed E-state index contributed by atoms with van der Waals surface area (Å²) in [5.74, 6) is 0. The normalized spacial score (nSPS) is 23.4. The third-order valence-electron chi connectivity index (χ3n) is 3.82. The van der Waals surface area contributed by atoms with Crippen molar-refractivity contribution in [3.05, 3.63) is 11.9 Å². The van der Waals surface area contributed by atoms with E-state index in [1.807, 2.05) is 11.7 Å². The van der Waals surface area contributed by atoms with Gasteiger partial charge in [0.05, 0.1) is 11.4 Å². The van der Waals surface area contributed by atoms with Gasteiger partial charge < -0.3 is 10.2 Å². The molecular weight excluding hydrogens is 224 g/mol. The molecule has 102 valence electrons. The van der Waals surface area contributed by atoms with Crippen molar-refractivity contribution in [3.63, 3.8) is 0 Å². The van der Waals surface area contributed by atoms with E-state index < -0.39 is 0 Å². The van der Waals surface area contributed by atoms with Gasteiger partial charge in [-0.05, 0) is 26.7 Å². The van der Waals surface area contributed by atoms with Crippen LogP contribution >= 0.6 is 0 Å². The second-order valence-electron chi connectivity index (χ2n) is 5.94. The maximum absolute atomic E-state index is 4.58. The number of hydrogen-bond donors (Lipinski definition) is 1. The number of nitrogens with one attached hydrogen (secondary N) is 1. The van der Waals surface area contributed by atoms with Gasteiger partial charge in [-0.1, -0.05) is 13.8 Å². The fourth-order valence-corrected chi connectivity index (χ4v) is 2.78. The lowest BCUT2D eigenvalue weighted by molar-refractivity contribution is 0.306.